The smallest absolute Gasteiger partial charge is 0.196 e. The quantitative estimate of drug-likeness (QED) is 0.680. The minimum Gasteiger partial charge on any atom is -0.493 e. The predicted molar refractivity (Wildman–Crippen MR) is 121 cm³/mol. The number of fused-ring (bicyclic) bond motifs is 1. The minimum atomic E-state index is 0.186. The molecule has 1 aliphatic heterocycles. The number of benzene rings is 1. The molecule has 0 saturated heterocycles. The molecule has 0 amide bonds. The van der Waals surface area contributed by atoms with Crippen LogP contribution in [0, 0.1) is 25.2 Å². The standard InChI is InChI=1S/C22H22N8O2/c1-13-20(31-4)14(2)30(27-13)18-11-17(24)26-22-21(32-10-9-25-18)19(28-29(22)3)16-7-5-15(12-23)6-8-16/h5-9,11H,10H2,1-4H3,(H2,24,26). The van der Waals surface area contributed by atoms with Gasteiger partial charge in [0.2, 0.25) is 0 Å². The molecule has 3 heterocycles. The van der Waals surface area contributed by atoms with E-state index in [-0.39, 0.29) is 12.4 Å². The molecule has 0 radical (unpaired) electrons. The number of hydrogen-bond acceptors (Lipinski definition) is 8. The summed E-state index contributed by atoms with van der Waals surface area (Å²) in [5.74, 6) is 2.34. The van der Waals surface area contributed by atoms with Crippen LogP contribution in [-0.4, -0.2) is 45.3 Å². The van der Waals surface area contributed by atoms with Crippen LogP contribution in [0.5, 0.6) is 11.5 Å². The summed E-state index contributed by atoms with van der Waals surface area (Å²) in [6.45, 7) is 3.94. The van der Waals surface area contributed by atoms with Crippen LogP contribution in [0.2, 0.25) is 0 Å². The zero-order chi connectivity index (χ0) is 22.8. The molecule has 10 nitrogen and oxygen atoms in total. The van der Waals surface area contributed by atoms with Crippen molar-refractivity contribution in [2.24, 2.45) is 22.8 Å². The highest BCUT2D eigenvalue weighted by molar-refractivity contribution is 5.98. The molecule has 3 aromatic rings. The largest absolute Gasteiger partial charge is 0.493 e. The maximum atomic E-state index is 9.04. The average Bonchev–Trinajstić information content (AvgIpc) is 3.25. The molecule has 2 aromatic heterocycles. The third kappa shape index (κ3) is 3.72. The van der Waals surface area contributed by atoms with Crippen LogP contribution in [-0.2, 0) is 7.05 Å². The first-order valence-corrected chi connectivity index (χ1v) is 9.82. The Labute approximate surface area is 184 Å². The maximum absolute atomic E-state index is 9.04. The van der Waals surface area contributed by atoms with E-state index < -0.39 is 0 Å². The summed E-state index contributed by atoms with van der Waals surface area (Å²) in [6.07, 6.45) is 3.27. The van der Waals surface area contributed by atoms with E-state index in [0.717, 1.165) is 17.0 Å². The molecule has 10 heteroatoms. The van der Waals surface area contributed by atoms with Gasteiger partial charge in [-0.25, -0.2) is 19.3 Å². The second-order valence-electron chi connectivity index (χ2n) is 7.09. The Morgan fingerprint density at radius 1 is 1.19 bits per heavy atom. The Hall–Kier alpha value is -4.39. The van der Waals surface area contributed by atoms with Crippen molar-refractivity contribution in [1.29, 1.82) is 5.26 Å². The van der Waals surface area contributed by atoms with E-state index in [1.165, 1.54) is 0 Å². The lowest BCUT2D eigenvalue weighted by Crippen LogP contribution is -2.13. The number of aliphatic imine (C=N–C) groups is 2. The van der Waals surface area contributed by atoms with Gasteiger partial charge in [-0.2, -0.15) is 15.5 Å². The van der Waals surface area contributed by atoms with E-state index in [4.69, 9.17) is 20.5 Å². The highest BCUT2D eigenvalue weighted by atomic mass is 16.5. The predicted octanol–water partition coefficient (Wildman–Crippen LogP) is 2.73. The fraction of sp³-hybridized carbons (Fsp3) is 0.227. The zero-order valence-electron chi connectivity index (χ0n) is 18.2. The molecule has 0 saturated carbocycles. The molecule has 0 bridgehead atoms. The van der Waals surface area contributed by atoms with Gasteiger partial charge >= 0.3 is 0 Å². The van der Waals surface area contributed by atoms with Gasteiger partial charge < -0.3 is 15.2 Å². The van der Waals surface area contributed by atoms with Crippen LogP contribution in [0.15, 0.2) is 40.3 Å². The molecule has 1 aromatic carbocycles. The molecule has 0 spiro atoms. The van der Waals surface area contributed by atoms with Crippen molar-refractivity contribution >= 4 is 23.7 Å². The summed E-state index contributed by atoms with van der Waals surface area (Å²) in [5, 5.41) is 18.1. The summed E-state index contributed by atoms with van der Waals surface area (Å²) < 4.78 is 14.7. The van der Waals surface area contributed by atoms with Crippen LogP contribution in [0.25, 0.3) is 17.1 Å². The Bertz CT molecular complexity index is 1300. The van der Waals surface area contributed by atoms with Crippen molar-refractivity contribution in [2.45, 2.75) is 13.8 Å². The lowest BCUT2D eigenvalue weighted by molar-refractivity contribution is 0.383. The number of nitriles is 1. The van der Waals surface area contributed by atoms with E-state index in [0.29, 0.717) is 34.4 Å². The Morgan fingerprint density at radius 2 is 1.94 bits per heavy atom. The number of ether oxygens (including phenoxy) is 2. The number of nitrogens with zero attached hydrogens (tertiary/aromatic N) is 7. The van der Waals surface area contributed by atoms with Gasteiger partial charge in [0.05, 0.1) is 24.4 Å². The third-order valence-electron chi connectivity index (χ3n) is 4.95. The summed E-state index contributed by atoms with van der Waals surface area (Å²) in [5.41, 5.74) is 9.75. The molecular weight excluding hydrogens is 408 g/mol. The third-order valence-corrected chi connectivity index (χ3v) is 4.95. The van der Waals surface area contributed by atoms with E-state index >= 15 is 0 Å². The molecule has 0 atom stereocenters. The van der Waals surface area contributed by atoms with Crippen molar-refractivity contribution in [3.05, 3.63) is 47.3 Å². The van der Waals surface area contributed by atoms with E-state index in [9.17, 15) is 0 Å². The molecule has 0 fully saturated rings. The van der Waals surface area contributed by atoms with Crippen molar-refractivity contribution in [1.82, 2.24) is 19.6 Å². The van der Waals surface area contributed by atoms with Crippen molar-refractivity contribution in [2.75, 3.05) is 13.7 Å². The SMILES string of the molecule is COc1c(C)nn(C2=CC(N)=Nc3c(c(-c4ccc(C#N)cc4)nn3C)OCC=N2)c1C. The molecule has 1 aliphatic rings. The van der Waals surface area contributed by atoms with Crippen LogP contribution in [0.4, 0.5) is 5.82 Å². The normalized spacial score (nSPS) is 13.5. The van der Waals surface area contributed by atoms with Gasteiger partial charge in [0.1, 0.15) is 23.8 Å². The highest BCUT2D eigenvalue weighted by Crippen LogP contribution is 2.38. The first-order valence-electron chi connectivity index (χ1n) is 9.82. The Kier molecular flexibility index (Phi) is 5.47. The number of amidine groups is 1. The molecule has 2 N–H and O–H groups in total. The molecule has 32 heavy (non-hydrogen) atoms. The van der Waals surface area contributed by atoms with E-state index in [1.54, 1.807) is 47.9 Å². The van der Waals surface area contributed by atoms with E-state index in [2.05, 4.69) is 26.3 Å². The fourth-order valence-electron chi connectivity index (χ4n) is 3.48. The average molecular weight is 430 g/mol. The van der Waals surface area contributed by atoms with Gasteiger partial charge in [-0.3, -0.25) is 0 Å². The topological polar surface area (TPSA) is 129 Å². The van der Waals surface area contributed by atoms with Crippen LogP contribution in [0.3, 0.4) is 0 Å². The number of methoxy groups -OCH3 is 1. The Morgan fingerprint density at radius 3 is 2.59 bits per heavy atom. The summed E-state index contributed by atoms with van der Waals surface area (Å²) in [7, 11) is 3.37. The molecule has 0 unspecified atom stereocenters. The van der Waals surface area contributed by atoms with Gasteiger partial charge in [-0.1, -0.05) is 12.1 Å². The lowest BCUT2D eigenvalue weighted by Gasteiger charge is -2.09. The number of aromatic nitrogens is 4. The van der Waals surface area contributed by atoms with Gasteiger partial charge in [0.25, 0.3) is 0 Å². The first kappa shape index (κ1) is 20.9. The van der Waals surface area contributed by atoms with Crippen LogP contribution < -0.4 is 15.2 Å². The van der Waals surface area contributed by atoms with Crippen molar-refractivity contribution < 1.29 is 9.47 Å². The summed E-state index contributed by atoms with van der Waals surface area (Å²) >= 11 is 0. The number of hydrogen-bond donors (Lipinski definition) is 1. The number of rotatable bonds is 3. The van der Waals surface area contributed by atoms with Gasteiger partial charge in [-0.05, 0) is 26.0 Å². The second kappa shape index (κ2) is 8.39. The molecule has 4 rings (SSSR count). The van der Waals surface area contributed by atoms with Crippen LogP contribution in [0.1, 0.15) is 17.0 Å². The molecule has 162 valence electrons. The maximum Gasteiger partial charge on any atom is 0.196 e. The minimum absolute atomic E-state index is 0.186. The van der Waals surface area contributed by atoms with Gasteiger partial charge in [0, 0.05) is 24.9 Å². The molecule has 0 aliphatic carbocycles. The first-order chi connectivity index (χ1) is 15.4. The van der Waals surface area contributed by atoms with Crippen LogP contribution >= 0.6 is 0 Å². The fourth-order valence-corrected chi connectivity index (χ4v) is 3.48. The van der Waals surface area contributed by atoms with Crippen molar-refractivity contribution in [3.63, 3.8) is 0 Å². The highest BCUT2D eigenvalue weighted by Gasteiger charge is 2.21. The Balaban J connectivity index is 1.80. The molecular formula is C22H22N8O2. The second-order valence-corrected chi connectivity index (χ2v) is 7.09. The monoisotopic (exact) mass is 430 g/mol. The van der Waals surface area contributed by atoms with Gasteiger partial charge in [-0.15, -0.1) is 0 Å². The number of nitrogens with two attached hydrogens (primary N) is 1. The van der Waals surface area contributed by atoms with Crippen molar-refractivity contribution in [3.8, 4) is 28.8 Å². The lowest BCUT2D eigenvalue weighted by atomic mass is 10.1. The summed E-state index contributed by atoms with van der Waals surface area (Å²) in [4.78, 5) is 9.02. The number of aryl methyl sites for hydroxylation is 2. The van der Waals surface area contributed by atoms with Gasteiger partial charge in [0.15, 0.2) is 23.1 Å². The zero-order valence-corrected chi connectivity index (χ0v) is 18.2. The summed E-state index contributed by atoms with van der Waals surface area (Å²) in [6, 6.07) is 9.20. The van der Waals surface area contributed by atoms with E-state index in [1.807, 2.05) is 26.0 Å².